The largest absolute Gasteiger partial charge is 0.350 e. The summed E-state index contributed by atoms with van der Waals surface area (Å²) in [6.45, 7) is 0.512. The molecule has 1 aromatic carbocycles. The van der Waals surface area contributed by atoms with Gasteiger partial charge in [-0.25, -0.2) is 4.98 Å². The van der Waals surface area contributed by atoms with E-state index in [0.717, 1.165) is 24.8 Å². The number of benzene rings is 1. The van der Waals surface area contributed by atoms with Gasteiger partial charge in [0, 0.05) is 18.8 Å². The minimum absolute atomic E-state index is 0.238. The summed E-state index contributed by atoms with van der Waals surface area (Å²) in [6, 6.07) is 15.7. The van der Waals surface area contributed by atoms with Gasteiger partial charge in [-0.05, 0) is 37.0 Å². The number of rotatable bonds is 6. The first-order chi connectivity index (χ1) is 12.7. The van der Waals surface area contributed by atoms with E-state index in [0.29, 0.717) is 12.1 Å². The fraction of sp³-hybridized carbons (Fsp3) is 0.250. The SMILES string of the molecule is O=C(NCCc1ccccc1)c1nc(C(=O)NC2CC2)n2ccccc12. The monoisotopic (exact) mass is 348 g/mol. The molecule has 2 aromatic heterocycles. The highest BCUT2D eigenvalue weighted by molar-refractivity contribution is 6.02. The van der Waals surface area contributed by atoms with E-state index < -0.39 is 0 Å². The predicted molar refractivity (Wildman–Crippen MR) is 98.2 cm³/mol. The summed E-state index contributed by atoms with van der Waals surface area (Å²) in [4.78, 5) is 29.4. The van der Waals surface area contributed by atoms with Crippen molar-refractivity contribution in [1.29, 1.82) is 0 Å². The fourth-order valence-electron chi connectivity index (χ4n) is 2.89. The van der Waals surface area contributed by atoms with Gasteiger partial charge in [-0.3, -0.25) is 14.0 Å². The van der Waals surface area contributed by atoms with Crippen LogP contribution in [-0.2, 0) is 6.42 Å². The molecule has 2 heterocycles. The molecular weight excluding hydrogens is 328 g/mol. The Hall–Kier alpha value is -3.15. The molecule has 0 spiro atoms. The van der Waals surface area contributed by atoms with Crippen molar-refractivity contribution in [3.63, 3.8) is 0 Å². The number of fused-ring (bicyclic) bond motifs is 1. The van der Waals surface area contributed by atoms with Gasteiger partial charge in [0.05, 0.1) is 5.52 Å². The van der Waals surface area contributed by atoms with E-state index in [4.69, 9.17) is 0 Å². The molecule has 0 aliphatic heterocycles. The first kappa shape index (κ1) is 16.3. The zero-order valence-corrected chi connectivity index (χ0v) is 14.3. The van der Waals surface area contributed by atoms with Crippen LogP contribution in [0.15, 0.2) is 54.7 Å². The van der Waals surface area contributed by atoms with Crippen LogP contribution in [-0.4, -0.2) is 33.8 Å². The number of nitrogens with zero attached hydrogens (tertiary/aromatic N) is 2. The molecule has 0 saturated heterocycles. The van der Waals surface area contributed by atoms with Gasteiger partial charge in [0.2, 0.25) is 5.82 Å². The number of pyridine rings is 1. The van der Waals surface area contributed by atoms with Gasteiger partial charge >= 0.3 is 0 Å². The molecule has 1 aliphatic carbocycles. The molecule has 26 heavy (non-hydrogen) atoms. The maximum atomic E-state index is 12.6. The molecule has 1 aliphatic rings. The number of carbonyl (C=O) groups excluding carboxylic acids is 2. The van der Waals surface area contributed by atoms with E-state index in [9.17, 15) is 9.59 Å². The lowest BCUT2D eigenvalue weighted by Gasteiger charge is -2.04. The fourth-order valence-corrected chi connectivity index (χ4v) is 2.89. The van der Waals surface area contributed by atoms with Crippen molar-refractivity contribution in [3.05, 3.63) is 71.8 Å². The number of imidazole rings is 1. The molecule has 2 N–H and O–H groups in total. The van der Waals surface area contributed by atoms with Crippen molar-refractivity contribution >= 4 is 17.3 Å². The van der Waals surface area contributed by atoms with Crippen molar-refractivity contribution < 1.29 is 9.59 Å². The highest BCUT2D eigenvalue weighted by atomic mass is 16.2. The lowest BCUT2D eigenvalue weighted by Crippen LogP contribution is -2.28. The molecule has 4 rings (SSSR count). The Labute approximate surface area is 151 Å². The van der Waals surface area contributed by atoms with Crippen LogP contribution in [0.5, 0.6) is 0 Å². The summed E-state index contributed by atoms with van der Waals surface area (Å²) in [5, 5.41) is 5.82. The van der Waals surface area contributed by atoms with Gasteiger partial charge < -0.3 is 10.6 Å². The number of carbonyl (C=O) groups is 2. The molecule has 132 valence electrons. The Bertz CT molecular complexity index is 945. The summed E-state index contributed by atoms with van der Waals surface area (Å²) in [7, 11) is 0. The molecule has 6 heteroatoms. The Morgan fingerprint density at radius 1 is 1.04 bits per heavy atom. The highest BCUT2D eigenvalue weighted by Gasteiger charge is 2.27. The lowest BCUT2D eigenvalue weighted by atomic mass is 10.1. The second-order valence-electron chi connectivity index (χ2n) is 6.48. The standard InChI is InChI=1S/C20H20N4O2/c25-19(21-12-11-14-6-2-1-3-7-14)17-16-8-4-5-13-24(16)18(23-17)20(26)22-15-9-10-15/h1-8,13,15H,9-12H2,(H,21,25)(H,22,26). The van der Waals surface area contributed by atoms with E-state index in [-0.39, 0.29) is 29.4 Å². The van der Waals surface area contributed by atoms with E-state index >= 15 is 0 Å². The maximum Gasteiger partial charge on any atom is 0.287 e. The Kier molecular flexibility index (Phi) is 4.39. The van der Waals surface area contributed by atoms with Gasteiger partial charge in [0.15, 0.2) is 5.69 Å². The van der Waals surface area contributed by atoms with Crippen LogP contribution in [0.4, 0.5) is 0 Å². The quantitative estimate of drug-likeness (QED) is 0.717. The van der Waals surface area contributed by atoms with E-state index in [2.05, 4.69) is 15.6 Å². The number of aromatic nitrogens is 2. The van der Waals surface area contributed by atoms with Gasteiger partial charge in [-0.15, -0.1) is 0 Å². The van der Waals surface area contributed by atoms with Crippen molar-refractivity contribution in [1.82, 2.24) is 20.0 Å². The number of nitrogens with one attached hydrogen (secondary N) is 2. The lowest BCUT2D eigenvalue weighted by molar-refractivity contribution is 0.0940. The van der Waals surface area contributed by atoms with Crippen LogP contribution in [0.2, 0.25) is 0 Å². The van der Waals surface area contributed by atoms with Crippen LogP contribution >= 0.6 is 0 Å². The maximum absolute atomic E-state index is 12.6. The van der Waals surface area contributed by atoms with Crippen LogP contribution in [0, 0.1) is 0 Å². The molecule has 1 fully saturated rings. The van der Waals surface area contributed by atoms with Crippen LogP contribution in [0.1, 0.15) is 39.5 Å². The third-order valence-corrected chi connectivity index (χ3v) is 4.42. The molecule has 3 aromatic rings. The third kappa shape index (κ3) is 3.44. The van der Waals surface area contributed by atoms with E-state index in [1.165, 1.54) is 0 Å². The van der Waals surface area contributed by atoms with Crippen molar-refractivity contribution in [2.24, 2.45) is 0 Å². The molecule has 0 unspecified atom stereocenters. The van der Waals surface area contributed by atoms with Gasteiger partial charge in [0.1, 0.15) is 0 Å². The van der Waals surface area contributed by atoms with Gasteiger partial charge in [-0.1, -0.05) is 36.4 Å². The van der Waals surface area contributed by atoms with Crippen LogP contribution in [0.3, 0.4) is 0 Å². The average Bonchev–Trinajstić information content (AvgIpc) is 3.39. The molecule has 0 radical (unpaired) electrons. The number of hydrogen-bond acceptors (Lipinski definition) is 3. The van der Waals surface area contributed by atoms with E-state index in [1.807, 2.05) is 42.5 Å². The molecule has 0 atom stereocenters. The molecule has 1 saturated carbocycles. The zero-order valence-electron chi connectivity index (χ0n) is 14.3. The molecule has 6 nitrogen and oxygen atoms in total. The van der Waals surface area contributed by atoms with Gasteiger partial charge in [-0.2, -0.15) is 0 Å². The van der Waals surface area contributed by atoms with Crippen molar-refractivity contribution in [2.75, 3.05) is 6.54 Å². The predicted octanol–water partition coefficient (Wildman–Crippen LogP) is 2.20. The summed E-state index contributed by atoms with van der Waals surface area (Å²) in [5.41, 5.74) is 2.07. The first-order valence-corrected chi connectivity index (χ1v) is 8.82. The zero-order chi connectivity index (χ0) is 17.9. The number of hydrogen-bond donors (Lipinski definition) is 2. The van der Waals surface area contributed by atoms with Crippen molar-refractivity contribution in [2.45, 2.75) is 25.3 Å². The van der Waals surface area contributed by atoms with Crippen LogP contribution < -0.4 is 10.6 Å². The second-order valence-corrected chi connectivity index (χ2v) is 6.48. The van der Waals surface area contributed by atoms with Crippen molar-refractivity contribution in [3.8, 4) is 0 Å². The molecular formula is C20H20N4O2. The smallest absolute Gasteiger partial charge is 0.287 e. The first-order valence-electron chi connectivity index (χ1n) is 8.82. The normalized spacial score (nSPS) is 13.5. The summed E-state index contributed by atoms with van der Waals surface area (Å²) in [6.07, 6.45) is 4.50. The third-order valence-electron chi connectivity index (χ3n) is 4.42. The summed E-state index contributed by atoms with van der Waals surface area (Å²) >= 11 is 0. The Balaban J connectivity index is 1.51. The topological polar surface area (TPSA) is 75.5 Å². The Morgan fingerprint density at radius 3 is 2.58 bits per heavy atom. The summed E-state index contributed by atoms with van der Waals surface area (Å²) < 4.78 is 1.67. The van der Waals surface area contributed by atoms with Gasteiger partial charge in [0.25, 0.3) is 11.8 Å². The second kappa shape index (κ2) is 7.00. The molecule has 0 bridgehead atoms. The van der Waals surface area contributed by atoms with Crippen LogP contribution in [0.25, 0.3) is 5.52 Å². The highest BCUT2D eigenvalue weighted by Crippen LogP contribution is 2.20. The summed E-state index contributed by atoms with van der Waals surface area (Å²) in [5.74, 6) is -0.257. The van der Waals surface area contributed by atoms with E-state index in [1.54, 1.807) is 16.7 Å². The molecule has 2 amide bonds. The minimum Gasteiger partial charge on any atom is -0.350 e. The Morgan fingerprint density at radius 2 is 1.81 bits per heavy atom. The number of amides is 2. The average molecular weight is 348 g/mol. The minimum atomic E-state index is -0.268.